The third-order valence-corrected chi connectivity index (χ3v) is 5.64. The van der Waals surface area contributed by atoms with E-state index in [2.05, 4.69) is 46.4 Å². The molecule has 0 saturated carbocycles. The Morgan fingerprint density at radius 2 is 1.96 bits per heavy atom. The highest BCUT2D eigenvalue weighted by Crippen LogP contribution is 2.32. The topological polar surface area (TPSA) is 65.5 Å². The Kier molecular flexibility index (Phi) is 6.58. The molecule has 2 heterocycles. The summed E-state index contributed by atoms with van der Waals surface area (Å²) in [6, 6.07) is 14.2. The normalized spacial score (nSPS) is 18.0. The molecular weight excluding hydrogens is 338 g/mol. The average Bonchev–Trinajstić information content (AvgIpc) is 2.72. The Hall–Kier alpha value is -2.24. The monoisotopic (exact) mass is 367 g/mol. The van der Waals surface area contributed by atoms with Gasteiger partial charge < -0.3 is 10.4 Å². The molecule has 0 aliphatic carbocycles. The average molecular weight is 367 g/mol. The van der Waals surface area contributed by atoms with Crippen molar-refractivity contribution >= 4 is 5.91 Å². The van der Waals surface area contributed by atoms with Crippen molar-refractivity contribution in [3.05, 3.63) is 66.0 Å². The first-order valence-corrected chi connectivity index (χ1v) is 9.66. The van der Waals surface area contributed by atoms with Crippen LogP contribution in [0.3, 0.4) is 0 Å². The number of hydrogen-bond donors (Lipinski definition) is 2. The lowest BCUT2D eigenvalue weighted by Gasteiger charge is -2.38. The predicted molar refractivity (Wildman–Crippen MR) is 106 cm³/mol. The SMILES string of the molecule is CC1(C(=O)NCC(CO)c2cccnc2)CCN(Cc2ccccc2)CC1. The molecule has 0 radical (unpaired) electrons. The van der Waals surface area contributed by atoms with Crippen LogP contribution in [0.2, 0.25) is 0 Å². The van der Waals surface area contributed by atoms with Gasteiger partial charge in [0.15, 0.2) is 0 Å². The van der Waals surface area contributed by atoms with Crippen molar-refractivity contribution in [1.82, 2.24) is 15.2 Å². The van der Waals surface area contributed by atoms with Crippen LogP contribution in [0, 0.1) is 5.41 Å². The summed E-state index contributed by atoms with van der Waals surface area (Å²) in [4.78, 5) is 19.3. The lowest BCUT2D eigenvalue weighted by Crippen LogP contribution is -2.47. The van der Waals surface area contributed by atoms with Gasteiger partial charge in [-0.25, -0.2) is 0 Å². The van der Waals surface area contributed by atoms with Crippen molar-refractivity contribution < 1.29 is 9.90 Å². The van der Waals surface area contributed by atoms with E-state index in [1.54, 1.807) is 12.4 Å². The number of pyridine rings is 1. The second-order valence-electron chi connectivity index (χ2n) is 7.70. The van der Waals surface area contributed by atoms with Crippen LogP contribution in [0.15, 0.2) is 54.9 Å². The molecule has 144 valence electrons. The zero-order valence-corrected chi connectivity index (χ0v) is 16.0. The van der Waals surface area contributed by atoms with Crippen molar-refractivity contribution in [3.63, 3.8) is 0 Å². The van der Waals surface area contributed by atoms with E-state index in [-0.39, 0.29) is 23.8 Å². The minimum Gasteiger partial charge on any atom is -0.396 e. The number of aliphatic hydroxyl groups is 1. The van der Waals surface area contributed by atoms with Gasteiger partial charge >= 0.3 is 0 Å². The molecular formula is C22H29N3O2. The van der Waals surface area contributed by atoms with E-state index in [4.69, 9.17) is 0 Å². The van der Waals surface area contributed by atoms with Crippen molar-refractivity contribution in [2.45, 2.75) is 32.2 Å². The summed E-state index contributed by atoms with van der Waals surface area (Å²) in [6.45, 7) is 5.26. The largest absolute Gasteiger partial charge is 0.396 e. The van der Waals surface area contributed by atoms with E-state index in [0.29, 0.717) is 6.54 Å². The first kappa shape index (κ1) is 19.5. The third kappa shape index (κ3) is 5.15. The maximum Gasteiger partial charge on any atom is 0.226 e. The van der Waals surface area contributed by atoms with E-state index in [1.165, 1.54) is 5.56 Å². The fraction of sp³-hybridized carbons (Fsp3) is 0.455. The van der Waals surface area contributed by atoms with E-state index in [0.717, 1.165) is 38.0 Å². The molecule has 5 nitrogen and oxygen atoms in total. The van der Waals surface area contributed by atoms with Gasteiger partial charge in [0.25, 0.3) is 0 Å². The van der Waals surface area contributed by atoms with Crippen LogP contribution in [0.1, 0.15) is 36.8 Å². The number of rotatable bonds is 7. The van der Waals surface area contributed by atoms with Crippen molar-refractivity contribution in [2.75, 3.05) is 26.2 Å². The van der Waals surface area contributed by atoms with Gasteiger partial charge in [-0.15, -0.1) is 0 Å². The molecule has 0 spiro atoms. The molecule has 0 bridgehead atoms. The van der Waals surface area contributed by atoms with Crippen LogP contribution in [0.4, 0.5) is 0 Å². The second kappa shape index (κ2) is 9.11. The number of carbonyl (C=O) groups excluding carboxylic acids is 1. The Labute approximate surface area is 161 Å². The maximum absolute atomic E-state index is 12.8. The van der Waals surface area contributed by atoms with E-state index < -0.39 is 0 Å². The van der Waals surface area contributed by atoms with Crippen LogP contribution in [0.25, 0.3) is 0 Å². The number of nitrogens with zero attached hydrogens (tertiary/aromatic N) is 2. The number of aromatic nitrogens is 1. The fourth-order valence-electron chi connectivity index (χ4n) is 3.61. The fourth-order valence-corrected chi connectivity index (χ4v) is 3.61. The number of piperidine rings is 1. The standard InChI is InChI=1S/C22H29N3O2/c1-22(9-12-25(13-10-22)16-18-6-3-2-4-7-18)21(27)24-15-20(17-26)19-8-5-11-23-14-19/h2-8,11,14,20,26H,9-10,12-13,15-17H2,1H3,(H,24,27). The van der Waals surface area contributed by atoms with Gasteiger partial charge in [0.05, 0.1) is 6.61 Å². The molecule has 1 fully saturated rings. The molecule has 1 aromatic heterocycles. The van der Waals surface area contributed by atoms with Gasteiger partial charge in [0, 0.05) is 36.8 Å². The van der Waals surface area contributed by atoms with Gasteiger partial charge in [-0.3, -0.25) is 14.7 Å². The highest BCUT2D eigenvalue weighted by atomic mass is 16.3. The van der Waals surface area contributed by atoms with E-state index in [1.807, 2.05) is 18.2 Å². The van der Waals surface area contributed by atoms with Crippen molar-refractivity contribution in [3.8, 4) is 0 Å². The van der Waals surface area contributed by atoms with Gasteiger partial charge in [-0.1, -0.05) is 43.3 Å². The number of likely N-dealkylation sites (tertiary alicyclic amines) is 1. The summed E-state index contributed by atoms with van der Waals surface area (Å²) in [7, 11) is 0. The van der Waals surface area contributed by atoms with Crippen molar-refractivity contribution in [1.29, 1.82) is 0 Å². The Balaban J connectivity index is 1.50. The number of benzene rings is 1. The van der Waals surface area contributed by atoms with Gasteiger partial charge in [-0.2, -0.15) is 0 Å². The number of nitrogens with one attached hydrogen (secondary N) is 1. The molecule has 27 heavy (non-hydrogen) atoms. The maximum atomic E-state index is 12.8. The van der Waals surface area contributed by atoms with Crippen LogP contribution in [0.5, 0.6) is 0 Å². The predicted octanol–water partition coefficient (Wildman–Crippen LogP) is 2.58. The first-order chi connectivity index (χ1) is 13.1. The molecule has 1 aromatic carbocycles. The highest BCUT2D eigenvalue weighted by molar-refractivity contribution is 5.82. The zero-order chi connectivity index (χ0) is 19.1. The Morgan fingerprint density at radius 1 is 1.22 bits per heavy atom. The number of carbonyl (C=O) groups is 1. The van der Waals surface area contributed by atoms with Gasteiger partial charge in [0.2, 0.25) is 5.91 Å². The lowest BCUT2D eigenvalue weighted by atomic mass is 9.79. The van der Waals surface area contributed by atoms with E-state index in [9.17, 15) is 9.90 Å². The minimum absolute atomic E-state index is 0.00641. The summed E-state index contributed by atoms with van der Waals surface area (Å²) >= 11 is 0. The number of hydrogen-bond acceptors (Lipinski definition) is 4. The molecule has 1 atom stereocenters. The zero-order valence-electron chi connectivity index (χ0n) is 16.0. The van der Waals surface area contributed by atoms with Crippen LogP contribution in [-0.2, 0) is 11.3 Å². The summed E-state index contributed by atoms with van der Waals surface area (Å²) in [5.74, 6) is -0.0337. The quantitative estimate of drug-likeness (QED) is 0.789. The Bertz CT molecular complexity index is 713. The molecule has 3 rings (SSSR count). The molecule has 1 aliphatic heterocycles. The lowest BCUT2D eigenvalue weighted by molar-refractivity contribution is -0.132. The molecule has 1 amide bonds. The summed E-state index contributed by atoms with van der Waals surface area (Å²) < 4.78 is 0. The third-order valence-electron chi connectivity index (χ3n) is 5.64. The van der Waals surface area contributed by atoms with Crippen LogP contribution in [-0.4, -0.2) is 47.1 Å². The second-order valence-corrected chi connectivity index (χ2v) is 7.70. The highest BCUT2D eigenvalue weighted by Gasteiger charge is 2.36. The van der Waals surface area contributed by atoms with Crippen molar-refractivity contribution in [2.24, 2.45) is 5.41 Å². The van der Waals surface area contributed by atoms with E-state index >= 15 is 0 Å². The first-order valence-electron chi connectivity index (χ1n) is 9.66. The van der Waals surface area contributed by atoms with Crippen LogP contribution < -0.4 is 5.32 Å². The van der Waals surface area contributed by atoms with Gasteiger partial charge in [0.1, 0.15) is 0 Å². The summed E-state index contributed by atoms with van der Waals surface area (Å²) in [5.41, 5.74) is 1.92. The number of aliphatic hydroxyl groups excluding tert-OH is 1. The molecule has 2 aromatic rings. The van der Waals surface area contributed by atoms with Gasteiger partial charge in [-0.05, 0) is 43.1 Å². The Morgan fingerprint density at radius 3 is 2.59 bits per heavy atom. The molecule has 1 aliphatic rings. The molecule has 2 N–H and O–H groups in total. The molecule has 1 unspecified atom stereocenters. The molecule has 5 heteroatoms. The van der Waals surface area contributed by atoms with Crippen LogP contribution >= 0.6 is 0 Å². The molecule has 1 saturated heterocycles. The minimum atomic E-state index is -0.345. The smallest absolute Gasteiger partial charge is 0.226 e. The summed E-state index contributed by atoms with van der Waals surface area (Å²) in [5, 5.41) is 12.7. The number of amides is 1. The summed E-state index contributed by atoms with van der Waals surface area (Å²) in [6.07, 6.45) is 5.16.